The van der Waals surface area contributed by atoms with Gasteiger partial charge in [0.1, 0.15) is 18.1 Å². The van der Waals surface area contributed by atoms with Crippen LogP contribution in [0, 0.1) is 5.92 Å². The topological polar surface area (TPSA) is 215 Å². The standard InChI is InChI=1S/C26H43N7O5S/c1-4-16(2)21(25(37)38)33-24(36)20(15-17-9-6-5-7-10-17)32-23(35)19(12-14-39-3)31-22(34)18(27)11-8-13-30-26(28)29/h5-7,9-10,16,18-21H,4,8,11-15,27H2,1-3H3,(H,31,34)(H,32,35)(H,33,36)(H,37,38)(H4,28,29,30). The zero-order chi connectivity index (χ0) is 29.4. The minimum Gasteiger partial charge on any atom is -0.480 e. The van der Waals surface area contributed by atoms with Gasteiger partial charge in [0.25, 0.3) is 0 Å². The van der Waals surface area contributed by atoms with Gasteiger partial charge in [0.2, 0.25) is 17.7 Å². The molecule has 13 heteroatoms. The van der Waals surface area contributed by atoms with E-state index in [4.69, 9.17) is 17.2 Å². The third-order valence-electron chi connectivity index (χ3n) is 6.24. The number of hydrogen-bond donors (Lipinski definition) is 7. The van der Waals surface area contributed by atoms with Gasteiger partial charge in [-0.05, 0) is 42.8 Å². The number of carboxylic acids is 1. The summed E-state index contributed by atoms with van der Waals surface area (Å²) < 4.78 is 0. The lowest BCUT2D eigenvalue weighted by Gasteiger charge is -2.26. The largest absolute Gasteiger partial charge is 0.480 e. The van der Waals surface area contributed by atoms with Crippen LogP contribution < -0.4 is 33.2 Å². The molecule has 3 amide bonds. The van der Waals surface area contributed by atoms with Crippen molar-refractivity contribution >= 4 is 41.4 Å². The van der Waals surface area contributed by atoms with Crippen LogP contribution in [0.3, 0.4) is 0 Å². The van der Waals surface area contributed by atoms with E-state index in [-0.39, 0.29) is 18.3 Å². The summed E-state index contributed by atoms with van der Waals surface area (Å²) in [5, 5.41) is 17.6. The van der Waals surface area contributed by atoms with Crippen molar-refractivity contribution in [1.82, 2.24) is 16.0 Å². The number of benzene rings is 1. The minimum atomic E-state index is -1.15. The van der Waals surface area contributed by atoms with Crippen molar-refractivity contribution in [3.8, 4) is 0 Å². The minimum absolute atomic E-state index is 0.0465. The number of nitrogens with one attached hydrogen (secondary N) is 3. The molecule has 1 aromatic carbocycles. The second kappa shape index (κ2) is 18.1. The predicted molar refractivity (Wildman–Crippen MR) is 154 cm³/mol. The molecule has 0 aliphatic rings. The molecule has 0 radical (unpaired) electrons. The molecule has 5 unspecified atom stereocenters. The van der Waals surface area contributed by atoms with Crippen molar-refractivity contribution in [2.75, 3.05) is 18.6 Å². The van der Waals surface area contributed by atoms with Crippen molar-refractivity contribution in [3.05, 3.63) is 35.9 Å². The number of guanidine groups is 1. The first-order valence-electron chi connectivity index (χ1n) is 13.0. The second-order valence-corrected chi connectivity index (χ2v) is 10.3. The van der Waals surface area contributed by atoms with Crippen LogP contribution >= 0.6 is 11.8 Å². The highest BCUT2D eigenvalue weighted by Gasteiger charge is 2.32. The molecule has 10 N–H and O–H groups in total. The van der Waals surface area contributed by atoms with Gasteiger partial charge in [-0.3, -0.25) is 19.4 Å². The summed E-state index contributed by atoms with van der Waals surface area (Å²) >= 11 is 1.50. The summed E-state index contributed by atoms with van der Waals surface area (Å²) in [6, 6.07) is 5.07. The van der Waals surface area contributed by atoms with Crippen LogP contribution in [0.5, 0.6) is 0 Å². The fraction of sp³-hybridized carbons (Fsp3) is 0.577. The lowest BCUT2D eigenvalue weighted by molar-refractivity contribution is -0.143. The molecule has 0 aliphatic carbocycles. The van der Waals surface area contributed by atoms with Gasteiger partial charge in [-0.1, -0.05) is 50.6 Å². The van der Waals surface area contributed by atoms with Crippen molar-refractivity contribution in [2.45, 2.75) is 70.1 Å². The van der Waals surface area contributed by atoms with E-state index in [1.54, 1.807) is 19.1 Å². The van der Waals surface area contributed by atoms with E-state index in [2.05, 4.69) is 20.9 Å². The Balaban J connectivity index is 3.04. The van der Waals surface area contributed by atoms with E-state index < -0.39 is 47.9 Å². The van der Waals surface area contributed by atoms with Crippen LogP contribution in [0.1, 0.15) is 45.1 Å². The van der Waals surface area contributed by atoms with Crippen LogP contribution in [0.15, 0.2) is 35.3 Å². The Morgan fingerprint density at radius 2 is 1.59 bits per heavy atom. The van der Waals surface area contributed by atoms with Gasteiger partial charge in [0, 0.05) is 13.0 Å². The number of carbonyl (C=O) groups excluding carboxylic acids is 3. The molecule has 39 heavy (non-hydrogen) atoms. The molecule has 1 aromatic rings. The highest BCUT2D eigenvalue weighted by Crippen LogP contribution is 2.11. The van der Waals surface area contributed by atoms with Crippen molar-refractivity contribution in [1.29, 1.82) is 0 Å². The Morgan fingerprint density at radius 1 is 0.974 bits per heavy atom. The lowest BCUT2D eigenvalue weighted by Crippen LogP contribution is -2.58. The molecule has 12 nitrogen and oxygen atoms in total. The van der Waals surface area contributed by atoms with E-state index in [1.165, 1.54) is 11.8 Å². The summed E-state index contributed by atoms with van der Waals surface area (Å²) in [6.07, 6.45) is 3.66. The molecule has 0 aliphatic heterocycles. The highest BCUT2D eigenvalue weighted by atomic mass is 32.2. The molecule has 1 rings (SSSR count). The maximum atomic E-state index is 13.3. The summed E-state index contributed by atoms with van der Waals surface area (Å²) in [5.74, 6) is -2.63. The van der Waals surface area contributed by atoms with E-state index in [1.807, 2.05) is 31.4 Å². The van der Waals surface area contributed by atoms with Gasteiger partial charge in [0.05, 0.1) is 6.04 Å². The molecule has 5 atom stereocenters. The number of nitrogens with two attached hydrogens (primary N) is 3. The number of rotatable bonds is 18. The first-order chi connectivity index (χ1) is 18.5. The number of thioether (sulfide) groups is 1. The van der Waals surface area contributed by atoms with Crippen LogP contribution in [0.4, 0.5) is 0 Å². The number of nitrogens with zero attached hydrogens (tertiary/aromatic N) is 1. The van der Waals surface area contributed by atoms with Crippen LogP contribution in [-0.4, -0.2) is 77.5 Å². The van der Waals surface area contributed by atoms with Crippen molar-refractivity contribution in [2.24, 2.45) is 28.1 Å². The van der Waals surface area contributed by atoms with E-state index in [0.717, 1.165) is 5.56 Å². The normalized spacial score (nSPS) is 14.7. The highest BCUT2D eigenvalue weighted by molar-refractivity contribution is 7.98. The quantitative estimate of drug-likeness (QED) is 0.0720. The maximum Gasteiger partial charge on any atom is 0.326 e. The Kier molecular flexibility index (Phi) is 15.6. The van der Waals surface area contributed by atoms with Gasteiger partial charge in [-0.25, -0.2) is 4.79 Å². The van der Waals surface area contributed by atoms with Gasteiger partial charge in [-0.15, -0.1) is 0 Å². The predicted octanol–water partition coefficient (Wildman–Crippen LogP) is -0.0518. The van der Waals surface area contributed by atoms with Gasteiger partial charge >= 0.3 is 5.97 Å². The molecular weight excluding hydrogens is 522 g/mol. The summed E-state index contributed by atoms with van der Waals surface area (Å²) in [6.45, 7) is 3.89. The molecule has 0 heterocycles. The number of aliphatic carboxylic acids is 1. The number of hydrogen-bond acceptors (Lipinski definition) is 7. The summed E-state index contributed by atoms with van der Waals surface area (Å²) in [4.78, 5) is 55.0. The fourth-order valence-electron chi connectivity index (χ4n) is 3.70. The molecule has 0 saturated heterocycles. The van der Waals surface area contributed by atoms with Crippen LogP contribution in [-0.2, 0) is 25.6 Å². The number of carbonyl (C=O) groups is 4. The SMILES string of the molecule is CCC(C)C(NC(=O)C(Cc1ccccc1)NC(=O)C(CCSC)NC(=O)C(N)CCCN=C(N)N)C(=O)O. The molecule has 0 fully saturated rings. The zero-order valence-corrected chi connectivity index (χ0v) is 23.7. The molecule has 0 spiro atoms. The van der Waals surface area contributed by atoms with Crippen molar-refractivity contribution in [3.63, 3.8) is 0 Å². The maximum absolute atomic E-state index is 13.3. The average Bonchev–Trinajstić information content (AvgIpc) is 2.90. The Bertz CT molecular complexity index is 959. The second-order valence-electron chi connectivity index (χ2n) is 9.36. The molecular formula is C26H43N7O5S. The Morgan fingerprint density at radius 3 is 2.15 bits per heavy atom. The molecule has 0 aromatic heterocycles. The smallest absolute Gasteiger partial charge is 0.326 e. The van der Waals surface area contributed by atoms with E-state index in [9.17, 15) is 24.3 Å². The third kappa shape index (κ3) is 12.9. The van der Waals surface area contributed by atoms with E-state index in [0.29, 0.717) is 38.0 Å². The monoisotopic (exact) mass is 565 g/mol. The number of carboxylic acid groups (broad SMARTS) is 1. The van der Waals surface area contributed by atoms with Gasteiger partial charge in [0.15, 0.2) is 5.96 Å². The molecule has 0 bridgehead atoms. The third-order valence-corrected chi connectivity index (χ3v) is 6.88. The summed E-state index contributed by atoms with van der Waals surface area (Å²) in [7, 11) is 0. The first kappa shape index (κ1) is 33.7. The van der Waals surface area contributed by atoms with Crippen molar-refractivity contribution < 1.29 is 24.3 Å². The molecule has 218 valence electrons. The number of aliphatic imine (C=N–C) groups is 1. The number of amides is 3. The Labute approximate surface area is 234 Å². The zero-order valence-electron chi connectivity index (χ0n) is 22.9. The van der Waals surface area contributed by atoms with Gasteiger partial charge in [-0.2, -0.15) is 11.8 Å². The first-order valence-corrected chi connectivity index (χ1v) is 14.4. The fourth-order valence-corrected chi connectivity index (χ4v) is 4.17. The summed E-state index contributed by atoms with van der Waals surface area (Å²) in [5.41, 5.74) is 17.4. The Hall–Kier alpha value is -3.32. The average molecular weight is 566 g/mol. The van der Waals surface area contributed by atoms with Crippen LogP contribution in [0.25, 0.3) is 0 Å². The van der Waals surface area contributed by atoms with Crippen LogP contribution in [0.2, 0.25) is 0 Å². The van der Waals surface area contributed by atoms with Gasteiger partial charge < -0.3 is 38.3 Å². The molecule has 0 saturated carbocycles. The van der Waals surface area contributed by atoms with E-state index >= 15 is 0 Å². The lowest BCUT2D eigenvalue weighted by atomic mass is 9.98.